The molecule has 5 heteroatoms. The Bertz CT molecular complexity index is 864. The molecule has 0 aliphatic rings. The largest absolute Gasteiger partial charge is 0.494 e. The Morgan fingerprint density at radius 1 is 0.818 bits per heavy atom. The van der Waals surface area contributed by atoms with Gasteiger partial charge < -0.3 is 19.0 Å². The molecule has 0 heterocycles. The smallest absolute Gasteiger partial charge is 0.125 e. The Morgan fingerprint density at radius 2 is 1.42 bits per heavy atom. The molecule has 0 aromatic heterocycles. The lowest BCUT2D eigenvalue weighted by molar-refractivity contribution is 0.213. The van der Waals surface area contributed by atoms with Crippen molar-refractivity contribution in [3.63, 3.8) is 0 Å². The zero-order chi connectivity index (χ0) is 23.9. The van der Waals surface area contributed by atoms with E-state index in [1.165, 1.54) is 6.42 Å². The number of unbranched alkanes of at least 4 members (excludes halogenated alkanes) is 4. The number of allylic oxidation sites excluding steroid dienone is 1. The SMILES string of the molecule is C/C=C/COc1cc(C)c(OCCCCCCCOc2ccc(C(C)=NOC)cc2)c(C)c1. The highest BCUT2D eigenvalue weighted by Crippen LogP contribution is 2.28. The van der Waals surface area contributed by atoms with Gasteiger partial charge in [0.2, 0.25) is 0 Å². The number of aryl methyl sites for hydroxylation is 2. The number of ether oxygens (including phenoxy) is 3. The Morgan fingerprint density at radius 3 is 2.03 bits per heavy atom. The fourth-order valence-corrected chi connectivity index (χ4v) is 3.54. The Kier molecular flexibility index (Phi) is 11.9. The first kappa shape index (κ1) is 26.3. The summed E-state index contributed by atoms with van der Waals surface area (Å²) in [6.07, 6.45) is 9.62. The Balaban J connectivity index is 1.58. The molecule has 0 N–H and O–H groups in total. The van der Waals surface area contributed by atoms with Crippen LogP contribution in [-0.2, 0) is 4.84 Å². The summed E-state index contributed by atoms with van der Waals surface area (Å²) >= 11 is 0. The van der Waals surface area contributed by atoms with Gasteiger partial charge in [-0.3, -0.25) is 0 Å². The third-order valence-electron chi connectivity index (χ3n) is 5.32. The molecule has 0 amide bonds. The van der Waals surface area contributed by atoms with E-state index in [2.05, 4.69) is 19.0 Å². The second kappa shape index (κ2) is 15.0. The van der Waals surface area contributed by atoms with Crippen LogP contribution in [0.1, 0.15) is 62.6 Å². The topological polar surface area (TPSA) is 49.3 Å². The standard InChI is InChI=1S/C28H39NO4/c1-6-7-17-32-27-20-22(2)28(23(3)21-27)33-19-12-10-8-9-11-18-31-26-15-13-25(14-16-26)24(4)29-30-5/h6-7,13-16,20-21H,8-12,17-19H2,1-5H3/b7-6+,29-24?. The van der Waals surface area contributed by atoms with Gasteiger partial charge in [-0.25, -0.2) is 0 Å². The van der Waals surface area contributed by atoms with Gasteiger partial charge in [-0.2, -0.15) is 0 Å². The molecule has 0 aliphatic carbocycles. The summed E-state index contributed by atoms with van der Waals surface area (Å²) in [6, 6.07) is 12.1. The highest BCUT2D eigenvalue weighted by atomic mass is 16.6. The van der Waals surface area contributed by atoms with E-state index >= 15 is 0 Å². The average molecular weight is 454 g/mol. The maximum Gasteiger partial charge on any atom is 0.125 e. The lowest BCUT2D eigenvalue weighted by Crippen LogP contribution is -2.02. The first-order valence-corrected chi connectivity index (χ1v) is 11.8. The molecule has 0 atom stereocenters. The van der Waals surface area contributed by atoms with Crippen LogP contribution in [0, 0.1) is 13.8 Å². The van der Waals surface area contributed by atoms with Crippen molar-refractivity contribution in [3.8, 4) is 17.2 Å². The van der Waals surface area contributed by atoms with Gasteiger partial charge in [-0.1, -0.05) is 36.6 Å². The van der Waals surface area contributed by atoms with Gasteiger partial charge >= 0.3 is 0 Å². The molecular formula is C28H39NO4. The number of benzene rings is 2. The van der Waals surface area contributed by atoms with E-state index in [9.17, 15) is 0 Å². The maximum absolute atomic E-state index is 6.06. The molecule has 2 rings (SSSR count). The fourth-order valence-electron chi connectivity index (χ4n) is 3.54. The van der Waals surface area contributed by atoms with Crippen molar-refractivity contribution in [2.24, 2.45) is 5.16 Å². The van der Waals surface area contributed by atoms with Crippen LogP contribution in [0.4, 0.5) is 0 Å². The van der Waals surface area contributed by atoms with Gasteiger partial charge in [0.05, 0.1) is 18.9 Å². The quantitative estimate of drug-likeness (QED) is 0.126. The van der Waals surface area contributed by atoms with Crippen molar-refractivity contribution < 1.29 is 19.0 Å². The molecule has 0 radical (unpaired) electrons. The molecule has 0 spiro atoms. The van der Waals surface area contributed by atoms with Crippen LogP contribution >= 0.6 is 0 Å². The van der Waals surface area contributed by atoms with E-state index in [0.29, 0.717) is 6.61 Å². The summed E-state index contributed by atoms with van der Waals surface area (Å²) < 4.78 is 17.7. The second-order valence-corrected chi connectivity index (χ2v) is 8.11. The minimum atomic E-state index is 0.594. The van der Waals surface area contributed by atoms with Gasteiger partial charge in [0.25, 0.3) is 0 Å². The molecule has 0 fully saturated rings. The molecule has 0 saturated carbocycles. The van der Waals surface area contributed by atoms with E-state index in [1.807, 2.05) is 62.4 Å². The zero-order valence-corrected chi connectivity index (χ0v) is 20.9. The van der Waals surface area contributed by atoms with Gasteiger partial charge in [0, 0.05) is 0 Å². The molecular weight excluding hydrogens is 414 g/mol. The molecule has 2 aromatic rings. The minimum absolute atomic E-state index is 0.594. The zero-order valence-electron chi connectivity index (χ0n) is 20.9. The lowest BCUT2D eigenvalue weighted by Gasteiger charge is -2.14. The predicted molar refractivity (Wildman–Crippen MR) is 136 cm³/mol. The van der Waals surface area contributed by atoms with E-state index in [0.717, 1.165) is 78.5 Å². The van der Waals surface area contributed by atoms with E-state index in [1.54, 1.807) is 7.11 Å². The molecule has 33 heavy (non-hydrogen) atoms. The summed E-state index contributed by atoms with van der Waals surface area (Å²) in [7, 11) is 1.55. The van der Waals surface area contributed by atoms with E-state index in [4.69, 9.17) is 19.0 Å². The Hall–Kier alpha value is -2.95. The van der Waals surface area contributed by atoms with Crippen LogP contribution in [0.2, 0.25) is 0 Å². The molecule has 2 aromatic carbocycles. The van der Waals surface area contributed by atoms with Crippen molar-refractivity contribution in [3.05, 3.63) is 65.2 Å². The molecule has 5 nitrogen and oxygen atoms in total. The Labute approximate surface area is 199 Å². The van der Waals surface area contributed by atoms with E-state index < -0.39 is 0 Å². The lowest BCUT2D eigenvalue weighted by atomic mass is 10.1. The predicted octanol–water partition coefficient (Wildman–Crippen LogP) is 7.04. The van der Waals surface area contributed by atoms with Crippen LogP contribution in [0.15, 0.2) is 53.7 Å². The minimum Gasteiger partial charge on any atom is -0.494 e. The van der Waals surface area contributed by atoms with Crippen molar-refractivity contribution in [1.29, 1.82) is 0 Å². The summed E-state index contributed by atoms with van der Waals surface area (Å²) in [6.45, 7) is 10.1. The van der Waals surface area contributed by atoms with Crippen LogP contribution in [0.5, 0.6) is 17.2 Å². The first-order valence-electron chi connectivity index (χ1n) is 11.8. The monoisotopic (exact) mass is 453 g/mol. The van der Waals surface area contributed by atoms with Crippen molar-refractivity contribution in [1.82, 2.24) is 0 Å². The molecule has 180 valence electrons. The fraction of sp³-hybridized carbons (Fsp3) is 0.464. The number of rotatable bonds is 15. The second-order valence-electron chi connectivity index (χ2n) is 8.11. The van der Waals surface area contributed by atoms with Crippen LogP contribution in [0.3, 0.4) is 0 Å². The summed E-state index contributed by atoms with van der Waals surface area (Å²) in [5.41, 5.74) is 4.13. The van der Waals surface area contributed by atoms with Crippen LogP contribution in [0.25, 0.3) is 0 Å². The number of nitrogens with zero attached hydrogens (tertiary/aromatic N) is 1. The average Bonchev–Trinajstić information content (AvgIpc) is 2.80. The van der Waals surface area contributed by atoms with Crippen LogP contribution in [-0.4, -0.2) is 32.6 Å². The first-order chi connectivity index (χ1) is 16.0. The third kappa shape index (κ3) is 9.60. The maximum atomic E-state index is 6.06. The van der Waals surface area contributed by atoms with Gasteiger partial charge in [0.15, 0.2) is 0 Å². The molecule has 0 unspecified atom stereocenters. The van der Waals surface area contributed by atoms with Crippen molar-refractivity contribution in [2.45, 2.75) is 59.8 Å². The molecule has 0 bridgehead atoms. The van der Waals surface area contributed by atoms with E-state index in [-0.39, 0.29) is 0 Å². The van der Waals surface area contributed by atoms with Crippen LogP contribution < -0.4 is 14.2 Å². The molecule has 0 saturated heterocycles. The normalized spacial score (nSPS) is 11.6. The van der Waals surface area contributed by atoms with Crippen molar-refractivity contribution in [2.75, 3.05) is 26.9 Å². The highest BCUT2D eigenvalue weighted by Gasteiger charge is 2.07. The van der Waals surface area contributed by atoms with Gasteiger partial charge in [0.1, 0.15) is 31.0 Å². The number of oxime groups is 1. The van der Waals surface area contributed by atoms with Gasteiger partial charge in [-0.15, -0.1) is 0 Å². The highest BCUT2D eigenvalue weighted by molar-refractivity contribution is 5.98. The molecule has 0 aliphatic heterocycles. The summed E-state index contributed by atoms with van der Waals surface area (Å²) in [5, 5.41) is 3.94. The van der Waals surface area contributed by atoms with Gasteiger partial charge in [-0.05, 0) is 93.6 Å². The number of hydrogen-bond donors (Lipinski definition) is 0. The summed E-state index contributed by atoms with van der Waals surface area (Å²) in [5.74, 6) is 2.77. The van der Waals surface area contributed by atoms with Crippen molar-refractivity contribution >= 4 is 5.71 Å². The third-order valence-corrected chi connectivity index (χ3v) is 5.32. The number of hydrogen-bond acceptors (Lipinski definition) is 5. The summed E-state index contributed by atoms with van der Waals surface area (Å²) in [4.78, 5) is 4.81.